The van der Waals surface area contributed by atoms with Gasteiger partial charge in [-0.15, -0.1) is 24.8 Å². The van der Waals surface area contributed by atoms with Gasteiger partial charge in [-0.05, 0) is 61.6 Å². The van der Waals surface area contributed by atoms with Crippen LogP contribution in [0.2, 0.25) is 5.02 Å². The molecule has 0 spiro atoms. The third kappa shape index (κ3) is 6.46. The molecule has 32 heavy (non-hydrogen) atoms. The highest BCUT2D eigenvalue weighted by Gasteiger charge is 2.21. The summed E-state index contributed by atoms with van der Waals surface area (Å²) in [4.78, 5) is 17.8. The molecule has 3 N–H and O–H groups in total. The summed E-state index contributed by atoms with van der Waals surface area (Å²) in [6.07, 6.45) is 0.831. The molecule has 3 rings (SSSR count). The van der Waals surface area contributed by atoms with Crippen molar-refractivity contribution in [2.75, 3.05) is 5.32 Å². The summed E-state index contributed by atoms with van der Waals surface area (Å²) in [6, 6.07) is 15.1. The highest BCUT2D eigenvalue weighted by molar-refractivity contribution is 6.30. The van der Waals surface area contributed by atoms with Gasteiger partial charge in [0.1, 0.15) is 0 Å². The van der Waals surface area contributed by atoms with Crippen molar-refractivity contribution in [2.45, 2.75) is 40.7 Å². The molecule has 1 amide bonds. The second-order valence-corrected chi connectivity index (χ2v) is 8.44. The standard InChI is InChI=1S/C25H28ClN3O.2ClH/c1-15(2)13-22-21(14-27)23(18-7-5-16(3)6-8-18)24(17(4)28-22)29-25(30)19-9-11-20(26)12-10-19;;/h5-12,15H,13-14,27H2,1-4H3,(H,29,30);2*1H. The van der Waals surface area contributed by atoms with Crippen molar-refractivity contribution in [1.82, 2.24) is 4.98 Å². The first-order chi connectivity index (χ1) is 14.3. The van der Waals surface area contributed by atoms with E-state index in [1.165, 1.54) is 5.56 Å². The summed E-state index contributed by atoms with van der Waals surface area (Å²) in [5, 5.41) is 3.67. The molecular weight excluding hydrogens is 465 g/mol. The molecular formula is C25H30Cl3N3O. The van der Waals surface area contributed by atoms with Crippen molar-refractivity contribution in [3.8, 4) is 11.1 Å². The molecule has 0 saturated carbocycles. The maximum atomic E-state index is 13.0. The number of aryl methyl sites for hydroxylation is 2. The van der Waals surface area contributed by atoms with Gasteiger partial charge in [0.2, 0.25) is 0 Å². The van der Waals surface area contributed by atoms with Gasteiger partial charge in [-0.25, -0.2) is 0 Å². The van der Waals surface area contributed by atoms with E-state index in [9.17, 15) is 4.79 Å². The van der Waals surface area contributed by atoms with Crippen LogP contribution in [-0.2, 0) is 13.0 Å². The number of nitrogens with two attached hydrogens (primary N) is 1. The first kappa shape index (κ1) is 27.9. The maximum absolute atomic E-state index is 13.0. The van der Waals surface area contributed by atoms with Gasteiger partial charge < -0.3 is 11.1 Å². The second-order valence-electron chi connectivity index (χ2n) is 8.00. The topological polar surface area (TPSA) is 68.0 Å². The monoisotopic (exact) mass is 493 g/mol. The van der Waals surface area contributed by atoms with E-state index in [1.54, 1.807) is 24.3 Å². The fourth-order valence-electron chi connectivity index (χ4n) is 3.56. The highest BCUT2D eigenvalue weighted by Crippen LogP contribution is 2.36. The second kappa shape index (κ2) is 12.2. The molecule has 2 aromatic carbocycles. The molecule has 0 aliphatic rings. The Balaban J connectivity index is 0.00000256. The fourth-order valence-corrected chi connectivity index (χ4v) is 3.68. The Morgan fingerprint density at radius 1 is 1.03 bits per heavy atom. The average Bonchev–Trinajstić information content (AvgIpc) is 2.70. The zero-order valence-electron chi connectivity index (χ0n) is 18.7. The number of benzene rings is 2. The number of amides is 1. The van der Waals surface area contributed by atoms with Gasteiger partial charge in [0.25, 0.3) is 5.91 Å². The Morgan fingerprint density at radius 2 is 1.62 bits per heavy atom. The van der Waals surface area contributed by atoms with E-state index in [-0.39, 0.29) is 30.7 Å². The van der Waals surface area contributed by atoms with E-state index in [0.717, 1.165) is 34.5 Å². The molecule has 0 fully saturated rings. The number of halogens is 3. The number of pyridine rings is 1. The lowest BCUT2D eigenvalue weighted by Gasteiger charge is -2.21. The number of rotatable bonds is 6. The summed E-state index contributed by atoms with van der Waals surface area (Å²) >= 11 is 5.96. The maximum Gasteiger partial charge on any atom is 0.255 e. The quantitative estimate of drug-likeness (QED) is 0.397. The average molecular weight is 495 g/mol. The number of anilines is 1. The molecule has 1 heterocycles. The zero-order valence-corrected chi connectivity index (χ0v) is 21.1. The molecule has 0 atom stereocenters. The minimum absolute atomic E-state index is 0. The van der Waals surface area contributed by atoms with Crippen molar-refractivity contribution in [2.24, 2.45) is 11.7 Å². The van der Waals surface area contributed by atoms with Gasteiger partial charge in [-0.3, -0.25) is 9.78 Å². The molecule has 1 aromatic heterocycles. The van der Waals surface area contributed by atoms with Gasteiger partial charge in [-0.2, -0.15) is 0 Å². The summed E-state index contributed by atoms with van der Waals surface area (Å²) < 4.78 is 0. The summed E-state index contributed by atoms with van der Waals surface area (Å²) in [5.74, 6) is 0.243. The first-order valence-corrected chi connectivity index (χ1v) is 10.5. The Kier molecular flexibility index (Phi) is 10.7. The van der Waals surface area contributed by atoms with Crippen LogP contribution in [0.25, 0.3) is 11.1 Å². The molecule has 0 bridgehead atoms. The van der Waals surface area contributed by atoms with Gasteiger partial charge in [-0.1, -0.05) is 55.3 Å². The van der Waals surface area contributed by atoms with Gasteiger partial charge >= 0.3 is 0 Å². The molecule has 0 aliphatic heterocycles. The van der Waals surface area contributed by atoms with Crippen LogP contribution >= 0.6 is 36.4 Å². The van der Waals surface area contributed by atoms with E-state index in [0.29, 0.717) is 28.7 Å². The predicted octanol–water partition coefficient (Wildman–Crippen LogP) is 6.77. The van der Waals surface area contributed by atoms with Crippen molar-refractivity contribution in [3.05, 3.63) is 81.6 Å². The molecule has 0 unspecified atom stereocenters. The number of hydrogen-bond acceptors (Lipinski definition) is 3. The van der Waals surface area contributed by atoms with Crippen LogP contribution in [-0.4, -0.2) is 10.9 Å². The molecule has 172 valence electrons. The Hall–Kier alpha value is -2.11. The molecule has 0 aliphatic carbocycles. The predicted molar refractivity (Wildman–Crippen MR) is 139 cm³/mol. The molecule has 0 radical (unpaired) electrons. The van der Waals surface area contributed by atoms with E-state index in [1.807, 2.05) is 6.92 Å². The van der Waals surface area contributed by atoms with E-state index >= 15 is 0 Å². The van der Waals surface area contributed by atoms with Gasteiger partial charge in [0, 0.05) is 28.4 Å². The van der Waals surface area contributed by atoms with Crippen LogP contribution in [0.15, 0.2) is 48.5 Å². The number of aromatic nitrogens is 1. The Morgan fingerprint density at radius 3 is 2.16 bits per heavy atom. The minimum Gasteiger partial charge on any atom is -0.326 e. The number of carbonyl (C=O) groups excluding carboxylic acids is 1. The highest BCUT2D eigenvalue weighted by atomic mass is 35.5. The lowest BCUT2D eigenvalue weighted by Crippen LogP contribution is -2.18. The summed E-state index contributed by atoms with van der Waals surface area (Å²) in [5.41, 5.74) is 13.3. The van der Waals surface area contributed by atoms with Crippen molar-refractivity contribution in [3.63, 3.8) is 0 Å². The molecule has 3 aromatic rings. The van der Waals surface area contributed by atoms with Crippen LogP contribution in [0.4, 0.5) is 5.69 Å². The normalized spacial score (nSPS) is 10.3. The number of nitrogens with zero attached hydrogens (tertiary/aromatic N) is 1. The number of carbonyl (C=O) groups is 1. The smallest absolute Gasteiger partial charge is 0.255 e. The first-order valence-electron chi connectivity index (χ1n) is 10.2. The van der Waals surface area contributed by atoms with Crippen molar-refractivity contribution >= 4 is 48.0 Å². The molecule has 4 nitrogen and oxygen atoms in total. The molecule has 0 saturated heterocycles. The SMILES string of the molecule is Cc1ccc(-c2c(CN)c(CC(C)C)nc(C)c2NC(=O)c2ccc(Cl)cc2)cc1.Cl.Cl. The van der Waals surface area contributed by atoms with E-state index in [2.05, 4.69) is 50.4 Å². The Labute approximate surface area is 207 Å². The summed E-state index contributed by atoms with van der Waals surface area (Å²) in [7, 11) is 0. The largest absolute Gasteiger partial charge is 0.326 e. The number of nitrogens with one attached hydrogen (secondary N) is 1. The zero-order chi connectivity index (χ0) is 21.8. The molecule has 7 heteroatoms. The van der Waals surface area contributed by atoms with E-state index in [4.69, 9.17) is 22.3 Å². The number of hydrogen-bond donors (Lipinski definition) is 2. The fraction of sp³-hybridized carbons (Fsp3) is 0.280. The third-order valence-electron chi connectivity index (χ3n) is 5.06. The van der Waals surface area contributed by atoms with Gasteiger partial charge in [0.15, 0.2) is 0 Å². The lowest BCUT2D eigenvalue weighted by atomic mass is 9.92. The van der Waals surface area contributed by atoms with E-state index < -0.39 is 0 Å². The van der Waals surface area contributed by atoms with Crippen LogP contribution in [0.1, 0.15) is 46.7 Å². The van der Waals surface area contributed by atoms with Gasteiger partial charge in [0.05, 0.1) is 11.4 Å². The summed E-state index contributed by atoms with van der Waals surface area (Å²) in [6.45, 7) is 8.67. The minimum atomic E-state index is -0.204. The van der Waals surface area contributed by atoms with Crippen LogP contribution in [0, 0.1) is 19.8 Å². The third-order valence-corrected chi connectivity index (χ3v) is 5.31. The lowest BCUT2D eigenvalue weighted by molar-refractivity contribution is 0.102. The Bertz CT molecular complexity index is 1050. The van der Waals surface area contributed by atoms with Crippen LogP contribution < -0.4 is 11.1 Å². The van der Waals surface area contributed by atoms with Crippen molar-refractivity contribution in [1.29, 1.82) is 0 Å². The van der Waals surface area contributed by atoms with Crippen molar-refractivity contribution < 1.29 is 4.79 Å². The van der Waals surface area contributed by atoms with Crippen LogP contribution in [0.5, 0.6) is 0 Å². The van der Waals surface area contributed by atoms with Crippen LogP contribution in [0.3, 0.4) is 0 Å².